The van der Waals surface area contributed by atoms with Gasteiger partial charge in [0.15, 0.2) is 0 Å². The molecule has 0 fully saturated rings. The molecule has 114 valence electrons. The zero-order valence-corrected chi connectivity index (χ0v) is 13.8. The lowest BCUT2D eigenvalue weighted by atomic mass is 9.80. The Bertz CT molecular complexity index is 564. The van der Waals surface area contributed by atoms with E-state index < -0.39 is 0 Å². The summed E-state index contributed by atoms with van der Waals surface area (Å²) in [6.07, 6.45) is 0.457. The molecule has 21 heavy (non-hydrogen) atoms. The van der Waals surface area contributed by atoms with E-state index in [1.54, 1.807) is 18.2 Å². The third-order valence-electron chi connectivity index (χ3n) is 3.55. The minimum atomic E-state index is -0.0386. The van der Waals surface area contributed by atoms with Crippen molar-refractivity contribution in [3.63, 3.8) is 0 Å². The Labute approximate surface area is 132 Å². The monoisotopic (exact) mass is 306 g/mol. The number of hydrogen-bond donors (Lipinski definition) is 2. The van der Waals surface area contributed by atoms with Crippen molar-refractivity contribution >= 4 is 23.2 Å². The lowest BCUT2D eigenvalue weighted by molar-refractivity contribution is -0.117. The third-order valence-corrected chi connectivity index (χ3v) is 3.87. The van der Waals surface area contributed by atoms with Crippen LogP contribution in [-0.4, -0.2) is 12.5 Å². The predicted octanol–water partition coefficient (Wildman–Crippen LogP) is 3.66. The Morgan fingerprint density at radius 3 is 2.67 bits per heavy atom. The molecule has 0 heterocycles. The molecule has 0 aliphatic heterocycles. The molecule has 0 aromatic heterocycles. The molecule has 0 radical (unpaired) electrons. The molecule has 1 atom stereocenters. The van der Waals surface area contributed by atoms with Crippen LogP contribution in [0.2, 0.25) is 5.02 Å². The van der Waals surface area contributed by atoms with Crippen molar-refractivity contribution in [3.05, 3.63) is 28.8 Å². The second-order valence-corrected chi connectivity index (χ2v) is 6.63. The van der Waals surface area contributed by atoms with Gasteiger partial charge < -0.3 is 11.1 Å². The van der Waals surface area contributed by atoms with E-state index in [4.69, 9.17) is 17.3 Å². The first kappa shape index (κ1) is 17.6. The van der Waals surface area contributed by atoms with Crippen LogP contribution in [0, 0.1) is 23.2 Å². The highest BCUT2D eigenvalue weighted by molar-refractivity contribution is 6.33. The van der Waals surface area contributed by atoms with Crippen LogP contribution in [0.1, 0.15) is 39.7 Å². The van der Waals surface area contributed by atoms with Crippen LogP contribution in [0.5, 0.6) is 0 Å². The molecule has 3 N–H and O–H groups in total. The Balaban J connectivity index is 2.80. The number of benzene rings is 1. The Hall–Kier alpha value is -1.50. The Morgan fingerprint density at radius 1 is 1.43 bits per heavy atom. The van der Waals surface area contributed by atoms with E-state index in [9.17, 15) is 4.79 Å². The van der Waals surface area contributed by atoms with Gasteiger partial charge >= 0.3 is 0 Å². The fourth-order valence-electron chi connectivity index (χ4n) is 1.64. The SMILES string of the molecule is CC(CC(=O)Nc1cc(C#CCN)ccc1Cl)C(C)(C)C. The molecular formula is C17H23ClN2O. The summed E-state index contributed by atoms with van der Waals surface area (Å²) in [5.74, 6) is 5.94. The number of hydrogen-bond acceptors (Lipinski definition) is 2. The van der Waals surface area contributed by atoms with Crippen LogP contribution < -0.4 is 11.1 Å². The van der Waals surface area contributed by atoms with Gasteiger partial charge in [0, 0.05) is 12.0 Å². The Kier molecular flexibility index (Phi) is 6.26. The maximum atomic E-state index is 12.1. The number of nitrogens with two attached hydrogens (primary N) is 1. The van der Waals surface area contributed by atoms with Crippen molar-refractivity contribution in [2.24, 2.45) is 17.1 Å². The molecule has 1 amide bonds. The molecule has 0 saturated carbocycles. The highest BCUT2D eigenvalue weighted by Crippen LogP contribution is 2.29. The van der Waals surface area contributed by atoms with Gasteiger partial charge in [-0.1, -0.05) is 51.1 Å². The Morgan fingerprint density at radius 2 is 2.10 bits per heavy atom. The molecule has 3 nitrogen and oxygen atoms in total. The average Bonchev–Trinajstić information content (AvgIpc) is 2.38. The van der Waals surface area contributed by atoms with E-state index in [1.807, 2.05) is 0 Å². The maximum absolute atomic E-state index is 12.1. The summed E-state index contributed by atoms with van der Waals surface area (Å²) < 4.78 is 0. The molecule has 1 aromatic carbocycles. The smallest absolute Gasteiger partial charge is 0.224 e. The number of anilines is 1. The molecule has 0 bridgehead atoms. The van der Waals surface area contributed by atoms with Gasteiger partial charge in [-0.2, -0.15) is 0 Å². The molecule has 1 aromatic rings. The largest absolute Gasteiger partial charge is 0.325 e. The summed E-state index contributed by atoms with van der Waals surface area (Å²) in [5.41, 5.74) is 6.81. The van der Waals surface area contributed by atoms with Gasteiger partial charge in [0.1, 0.15) is 0 Å². The van der Waals surface area contributed by atoms with Gasteiger partial charge in [-0.05, 0) is 29.5 Å². The van der Waals surface area contributed by atoms with E-state index in [0.717, 1.165) is 5.56 Å². The zero-order chi connectivity index (χ0) is 16.0. The third kappa shape index (κ3) is 5.79. The summed E-state index contributed by atoms with van der Waals surface area (Å²) in [4.78, 5) is 12.1. The standard InChI is InChI=1S/C17H23ClN2O/c1-12(17(2,3)4)10-16(21)20-15-11-13(6-5-9-19)7-8-14(15)18/h7-8,11-12H,9-10,19H2,1-4H3,(H,20,21). The molecule has 0 saturated heterocycles. The van der Waals surface area contributed by atoms with Crippen molar-refractivity contribution in [1.29, 1.82) is 0 Å². The quantitative estimate of drug-likeness (QED) is 0.837. The molecule has 0 aliphatic carbocycles. The molecule has 4 heteroatoms. The molecule has 1 rings (SSSR count). The fraction of sp³-hybridized carbons (Fsp3) is 0.471. The van der Waals surface area contributed by atoms with E-state index in [1.165, 1.54) is 0 Å². The fourth-order valence-corrected chi connectivity index (χ4v) is 1.80. The van der Waals surface area contributed by atoms with Gasteiger partial charge in [0.2, 0.25) is 5.91 Å². The second-order valence-electron chi connectivity index (χ2n) is 6.22. The zero-order valence-electron chi connectivity index (χ0n) is 13.1. The normalized spacial score (nSPS) is 12.3. The minimum absolute atomic E-state index is 0.0386. The number of nitrogens with one attached hydrogen (secondary N) is 1. The molecular weight excluding hydrogens is 284 g/mol. The van der Waals surface area contributed by atoms with Crippen molar-refractivity contribution < 1.29 is 4.79 Å². The van der Waals surface area contributed by atoms with Crippen molar-refractivity contribution in [2.75, 3.05) is 11.9 Å². The van der Waals surface area contributed by atoms with E-state index in [-0.39, 0.29) is 17.2 Å². The van der Waals surface area contributed by atoms with Gasteiger partial charge in [-0.25, -0.2) is 0 Å². The van der Waals surface area contributed by atoms with E-state index in [2.05, 4.69) is 44.9 Å². The van der Waals surface area contributed by atoms with E-state index >= 15 is 0 Å². The van der Waals surface area contributed by atoms with Crippen LogP contribution in [-0.2, 0) is 4.79 Å². The van der Waals surface area contributed by atoms with Gasteiger partial charge in [0.05, 0.1) is 17.3 Å². The van der Waals surface area contributed by atoms with Crippen molar-refractivity contribution in [1.82, 2.24) is 0 Å². The first-order chi connectivity index (χ1) is 9.74. The lowest BCUT2D eigenvalue weighted by Crippen LogP contribution is -2.24. The van der Waals surface area contributed by atoms with Crippen LogP contribution in [0.4, 0.5) is 5.69 Å². The van der Waals surface area contributed by atoms with Crippen molar-refractivity contribution in [2.45, 2.75) is 34.1 Å². The number of amides is 1. The highest BCUT2D eigenvalue weighted by atomic mass is 35.5. The number of carbonyl (C=O) groups is 1. The minimum Gasteiger partial charge on any atom is -0.325 e. The van der Waals surface area contributed by atoms with Crippen molar-refractivity contribution in [3.8, 4) is 11.8 Å². The summed E-state index contributed by atoms with van der Waals surface area (Å²) in [6.45, 7) is 8.75. The number of carbonyl (C=O) groups excluding carboxylic acids is 1. The first-order valence-corrected chi connectivity index (χ1v) is 7.40. The van der Waals surface area contributed by atoms with Crippen LogP contribution in [0.3, 0.4) is 0 Å². The van der Waals surface area contributed by atoms with Gasteiger partial charge in [0.25, 0.3) is 0 Å². The summed E-state index contributed by atoms with van der Waals surface area (Å²) >= 11 is 6.11. The predicted molar refractivity (Wildman–Crippen MR) is 89.3 cm³/mol. The number of halogens is 1. The maximum Gasteiger partial charge on any atom is 0.224 e. The van der Waals surface area contributed by atoms with Crippen LogP contribution in [0.25, 0.3) is 0 Å². The number of rotatable bonds is 3. The first-order valence-electron chi connectivity index (χ1n) is 7.02. The summed E-state index contributed by atoms with van der Waals surface area (Å²) in [7, 11) is 0. The topological polar surface area (TPSA) is 55.1 Å². The van der Waals surface area contributed by atoms with Gasteiger partial charge in [-0.15, -0.1) is 0 Å². The van der Waals surface area contributed by atoms with Crippen LogP contribution >= 0.6 is 11.6 Å². The van der Waals surface area contributed by atoms with E-state index in [0.29, 0.717) is 23.7 Å². The lowest BCUT2D eigenvalue weighted by Gasteiger charge is -2.26. The molecule has 0 aliphatic rings. The average molecular weight is 307 g/mol. The molecule has 1 unspecified atom stereocenters. The second kappa shape index (κ2) is 7.49. The van der Waals surface area contributed by atoms with Crippen LogP contribution in [0.15, 0.2) is 18.2 Å². The van der Waals surface area contributed by atoms with Gasteiger partial charge in [-0.3, -0.25) is 4.79 Å². The molecule has 0 spiro atoms. The highest BCUT2D eigenvalue weighted by Gasteiger charge is 2.22. The summed E-state index contributed by atoms with van der Waals surface area (Å²) in [5, 5.41) is 3.36. The summed E-state index contributed by atoms with van der Waals surface area (Å²) in [6, 6.07) is 5.30.